The maximum Gasteiger partial charge on any atom is 0.326 e. The smallest absolute Gasteiger partial charge is 0.326 e. The number of aromatic amines is 1. The van der Waals surface area contributed by atoms with Crippen LogP contribution in [0, 0.1) is 29.6 Å². The minimum absolute atomic E-state index is 0.0493. The van der Waals surface area contributed by atoms with Crippen molar-refractivity contribution in [1.82, 2.24) is 9.88 Å². The third kappa shape index (κ3) is 1.99. The fraction of sp³-hybridized carbons (Fsp3) is 0.667. The highest BCUT2D eigenvalue weighted by Crippen LogP contribution is 2.68. The maximum atomic E-state index is 13.0. The molecule has 1 aromatic rings. The Morgan fingerprint density at radius 1 is 1.22 bits per heavy atom. The Labute approximate surface area is 163 Å². The van der Waals surface area contributed by atoms with E-state index in [0.29, 0.717) is 0 Å². The SMILES string of the molecule is CC(C(=O)O)N1C(=O)C2C3CC(C2C1=O)C1C3Sc2[nH]c(=O)sc2C1(C)C. The lowest BCUT2D eigenvalue weighted by Gasteiger charge is -2.47. The van der Waals surface area contributed by atoms with Crippen LogP contribution in [0.2, 0.25) is 0 Å². The maximum absolute atomic E-state index is 13.0. The fourth-order valence-corrected chi connectivity index (χ4v) is 9.32. The van der Waals surface area contributed by atoms with Gasteiger partial charge in [0, 0.05) is 15.5 Å². The molecule has 2 N–H and O–H groups in total. The average molecular weight is 409 g/mol. The van der Waals surface area contributed by atoms with Crippen molar-refractivity contribution in [2.45, 2.75) is 48.9 Å². The van der Waals surface area contributed by atoms with Gasteiger partial charge in [-0.1, -0.05) is 25.2 Å². The molecule has 7 nitrogen and oxygen atoms in total. The molecule has 9 heteroatoms. The quantitative estimate of drug-likeness (QED) is 0.719. The summed E-state index contributed by atoms with van der Waals surface area (Å²) in [5.74, 6) is -2.33. The van der Waals surface area contributed by atoms with Crippen LogP contribution < -0.4 is 4.87 Å². The van der Waals surface area contributed by atoms with Gasteiger partial charge in [-0.2, -0.15) is 0 Å². The van der Waals surface area contributed by atoms with E-state index in [0.717, 1.165) is 21.2 Å². The van der Waals surface area contributed by atoms with Crippen molar-refractivity contribution in [3.05, 3.63) is 14.5 Å². The lowest BCUT2D eigenvalue weighted by Crippen LogP contribution is -2.48. The van der Waals surface area contributed by atoms with Crippen molar-refractivity contribution in [1.29, 1.82) is 0 Å². The van der Waals surface area contributed by atoms with E-state index in [1.165, 1.54) is 18.3 Å². The van der Waals surface area contributed by atoms with Gasteiger partial charge in [-0.05, 0) is 31.1 Å². The lowest BCUT2D eigenvalue weighted by atomic mass is 9.64. The molecule has 7 atom stereocenters. The Morgan fingerprint density at radius 2 is 1.85 bits per heavy atom. The van der Waals surface area contributed by atoms with E-state index in [1.807, 2.05) is 0 Å². The number of hydrogen-bond donors (Lipinski definition) is 2. The molecular formula is C18H20N2O5S2. The number of nitrogens with one attached hydrogen (secondary N) is 1. The van der Waals surface area contributed by atoms with Crippen molar-refractivity contribution < 1.29 is 19.5 Å². The molecule has 2 aliphatic heterocycles. The van der Waals surface area contributed by atoms with Crippen LogP contribution in [0.4, 0.5) is 0 Å². The molecule has 0 aromatic carbocycles. The number of thioether (sulfide) groups is 1. The Hall–Kier alpha value is -1.61. The van der Waals surface area contributed by atoms with Gasteiger partial charge in [0.15, 0.2) is 0 Å². The number of H-pyrrole nitrogens is 1. The van der Waals surface area contributed by atoms with Crippen molar-refractivity contribution in [2.24, 2.45) is 29.6 Å². The zero-order chi connectivity index (χ0) is 19.4. The highest BCUT2D eigenvalue weighted by molar-refractivity contribution is 8.00. The number of aromatic nitrogens is 1. The van der Waals surface area contributed by atoms with Gasteiger partial charge in [0.25, 0.3) is 0 Å². The number of carbonyl (C=O) groups excluding carboxylic acids is 2. The minimum atomic E-state index is -1.16. The van der Waals surface area contributed by atoms with Gasteiger partial charge >= 0.3 is 10.8 Å². The Morgan fingerprint density at radius 3 is 2.48 bits per heavy atom. The zero-order valence-corrected chi connectivity index (χ0v) is 16.7. The fourth-order valence-electron chi connectivity index (χ4n) is 6.17. The molecule has 144 valence electrons. The first-order valence-corrected chi connectivity index (χ1v) is 10.8. The van der Waals surface area contributed by atoms with E-state index in [9.17, 15) is 24.3 Å². The standard InChI is InChI=1S/C18H20N2O5S2/c1-5(16(23)24)20-14(21)8-6-4-7(9(8)15(20)22)11-10(6)18(2,3)12-13(26-11)19-17(25)27-12/h5-11H,4H2,1-3H3,(H,19,25)(H,23,24). The molecular weight excluding hydrogens is 388 g/mol. The molecule has 3 fully saturated rings. The molecule has 5 rings (SSSR count). The summed E-state index contributed by atoms with van der Waals surface area (Å²) in [6.45, 7) is 5.65. The summed E-state index contributed by atoms with van der Waals surface area (Å²) in [6, 6.07) is -1.13. The molecule has 1 aromatic heterocycles. The van der Waals surface area contributed by atoms with Crippen LogP contribution >= 0.6 is 23.1 Å². The van der Waals surface area contributed by atoms with Gasteiger partial charge in [-0.3, -0.25) is 19.3 Å². The monoisotopic (exact) mass is 408 g/mol. The van der Waals surface area contributed by atoms with Gasteiger partial charge < -0.3 is 10.1 Å². The minimum Gasteiger partial charge on any atom is -0.480 e. The number of likely N-dealkylation sites (tertiary alicyclic amines) is 1. The number of carboxylic acid groups (broad SMARTS) is 1. The number of carbonyl (C=O) groups is 3. The third-order valence-corrected chi connectivity index (χ3v) is 9.98. The van der Waals surface area contributed by atoms with Crippen LogP contribution in [-0.4, -0.2) is 44.1 Å². The number of amides is 2. The number of thiazole rings is 1. The van der Waals surface area contributed by atoms with Crippen LogP contribution in [-0.2, 0) is 19.8 Å². The van der Waals surface area contributed by atoms with E-state index in [4.69, 9.17) is 0 Å². The number of carboxylic acids is 1. The topological polar surface area (TPSA) is 108 Å². The van der Waals surface area contributed by atoms with Crippen LogP contribution in [0.25, 0.3) is 0 Å². The zero-order valence-electron chi connectivity index (χ0n) is 15.1. The van der Waals surface area contributed by atoms with Crippen molar-refractivity contribution in [3.8, 4) is 0 Å². The van der Waals surface area contributed by atoms with Crippen LogP contribution in [0.15, 0.2) is 9.82 Å². The number of hydrogen-bond acceptors (Lipinski definition) is 6. The van der Waals surface area contributed by atoms with Crippen LogP contribution in [0.3, 0.4) is 0 Å². The average Bonchev–Trinajstić information content (AvgIpc) is 3.29. The van der Waals surface area contributed by atoms with Crippen LogP contribution in [0.5, 0.6) is 0 Å². The largest absolute Gasteiger partial charge is 0.480 e. The highest BCUT2D eigenvalue weighted by Gasteiger charge is 2.71. The summed E-state index contributed by atoms with van der Waals surface area (Å²) in [7, 11) is 0. The summed E-state index contributed by atoms with van der Waals surface area (Å²) >= 11 is 2.88. The Balaban J connectivity index is 1.57. The summed E-state index contributed by atoms with van der Waals surface area (Å²) < 4.78 is 0. The normalized spacial score (nSPS) is 39.3. The number of nitrogens with zero attached hydrogens (tertiary/aromatic N) is 1. The van der Waals surface area contributed by atoms with Crippen molar-refractivity contribution in [2.75, 3.05) is 0 Å². The van der Waals surface area contributed by atoms with Crippen molar-refractivity contribution >= 4 is 40.9 Å². The molecule has 1 saturated heterocycles. The van der Waals surface area contributed by atoms with E-state index >= 15 is 0 Å². The van der Waals surface area contributed by atoms with Gasteiger partial charge in [-0.15, -0.1) is 11.8 Å². The molecule has 2 saturated carbocycles. The second-order valence-electron chi connectivity index (χ2n) is 8.68. The molecule has 7 unspecified atom stereocenters. The van der Waals surface area contributed by atoms with E-state index in [2.05, 4.69) is 18.8 Å². The second kappa shape index (κ2) is 5.26. The number of imide groups is 1. The molecule has 27 heavy (non-hydrogen) atoms. The molecule has 2 bridgehead atoms. The van der Waals surface area contributed by atoms with E-state index in [1.54, 1.807) is 11.8 Å². The summed E-state index contributed by atoms with van der Waals surface area (Å²) in [6.07, 6.45) is 0.826. The molecule has 2 aliphatic carbocycles. The van der Waals surface area contributed by atoms with Gasteiger partial charge in [0.2, 0.25) is 11.8 Å². The van der Waals surface area contributed by atoms with E-state index < -0.39 is 23.8 Å². The molecule has 0 spiro atoms. The molecule has 3 heterocycles. The van der Waals surface area contributed by atoms with Gasteiger partial charge in [-0.25, -0.2) is 4.79 Å². The van der Waals surface area contributed by atoms with Gasteiger partial charge in [0.1, 0.15) is 6.04 Å². The lowest BCUT2D eigenvalue weighted by molar-refractivity contribution is -0.154. The highest BCUT2D eigenvalue weighted by atomic mass is 32.2. The summed E-state index contributed by atoms with van der Waals surface area (Å²) in [5, 5.41) is 10.4. The van der Waals surface area contributed by atoms with Gasteiger partial charge in [0.05, 0.1) is 16.9 Å². The Kier molecular flexibility index (Phi) is 3.40. The van der Waals surface area contributed by atoms with Crippen LogP contribution in [0.1, 0.15) is 32.1 Å². The second-order valence-corrected chi connectivity index (χ2v) is 10.8. The number of rotatable bonds is 2. The molecule has 2 amide bonds. The predicted octanol–water partition coefficient (Wildman–Crippen LogP) is 1.53. The number of fused-ring (bicyclic) bond motifs is 9. The predicted molar refractivity (Wildman–Crippen MR) is 98.6 cm³/mol. The first-order valence-electron chi connectivity index (χ1n) is 9.14. The first-order chi connectivity index (χ1) is 12.6. The summed E-state index contributed by atoms with van der Waals surface area (Å²) in [5.41, 5.74) is -0.255. The molecule has 0 radical (unpaired) electrons. The Bertz CT molecular complexity index is 950. The molecule has 4 aliphatic rings. The third-order valence-electron chi connectivity index (χ3n) is 7.17. The van der Waals surface area contributed by atoms with Crippen molar-refractivity contribution in [3.63, 3.8) is 0 Å². The number of aliphatic carboxylic acids is 1. The first kappa shape index (κ1) is 17.5. The summed E-state index contributed by atoms with van der Waals surface area (Å²) in [4.78, 5) is 54.2. The van der Waals surface area contributed by atoms with E-state index in [-0.39, 0.29) is 45.1 Å².